The first kappa shape index (κ1) is 21.9. The van der Waals surface area contributed by atoms with Gasteiger partial charge < -0.3 is 24.6 Å². The van der Waals surface area contributed by atoms with Gasteiger partial charge in [0.2, 0.25) is 5.95 Å². The number of anilines is 3. The first-order valence-electron chi connectivity index (χ1n) is 11.2. The van der Waals surface area contributed by atoms with Crippen LogP contribution in [0.4, 0.5) is 17.6 Å². The average Bonchev–Trinajstić information content (AvgIpc) is 3.59. The van der Waals surface area contributed by atoms with Crippen LogP contribution in [0.15, 0.2) is 43.0 Å². The Bertz CT molecular complexity index is 1360. The predicted molar refractivity (Wildman–Crippen MR) is 129 cm³/mol. The minimum atomic E-state index is -0.0276. The summed E-state index contributed by atoms with van der Waals surface area (Å²) in [5.74, 6) is 2.36. The molecule has 1 aromatic carbocycles. The summed E-state index contributed by atoms with van der Waals surface area (Å²) in [5.41, 5.74) is 3.06. The lowest BCUT2D eigenvalue weighted by atomic mass is 10.0. The Morgan fingerprint density at radius 1 is 1.35 bits per heavy atom. The molecule has 0 radical (unpaired) electrons. The lowest BCUT2D eigenvalue weighted by Crippen LogP contribution is -2.33. The Morgan fingerprint density at radius 3 is 2.97 bits per heavy atom. The van der Waals surface area contributed by atoms with Crippen molar-refractivity contribution in [2.45, 2.75) is 32.7 Å². The van der Waals surface area contributed by atoms with E-state index in [2.05, 4.69) is 20.3 Å². The normalized spacial score (nSPS) is 15.8. The van der Waals surface area contributed by atoms with Crippen molar-refractivity contribution in [3.05, 3.63) is 54.1 Å². The fraction of sp³-hybridized carbons (Fsp3) is 0.333. The molecule has 1 saturated heterocycles. The predicted octanol–water partition coefficient (Wildman–Crippen LogP) is 3.14. The molecule has 1 aliphatic heterocycles. The summed E-state index contributed by atoms with van der Waals surface area (Å²) in [7, 11) is 1.59. The summed E-state index contributed by atoms with van der Waals surface area (Å²) in [4.78, 5) is 23.5. The van der Waals surface area contributed by atoms with Crippen LogP contribution in [-0.2, 0) is 0 Å². The van der Waals surface area contributed by atoms with Crippen molar-refractivity contribution >= 4 is 28.9 Å². The van der Waals surface area contributed by atoms with Crippen molar-refractivity contribution in [3.8, 4) is 11.4 Å². The molecule has 176 valence electrons. The number of ether oxygens (including phenoxy) is 1. The number of nitrogens with zero attached hydrogens (tertiary/aromatic N) is 6. The zero-order valence-electron chi connectivity index (χ0n) is 19.4. The van der Waals surface area contributed by atoms with Gasteiger partial charge in [-0.25, -0.2) is 9.50 Å². The number of hydrogen-bond acceptors (Lipinski definition) is 8. The molecule has 0 bridgehead atoms. The van der Waals surface area contributed by atoms with Gasteiger partial charge in [0.1, 0.15) is 17.6 Å². The van der Waals surface area contributed by atoms with E-state index in [0.717, 1.165) is 42.0 Å². The van der Waals surface area contributed by atoms with Gasteiger partial charge in [-0.1, -0.05) is 0 Å². The number of imidazole rings is 1. The number of nitrogens with one attached hydrogen (secondary N) is 1. The number of hydrogen-bond donors (Lipinski definition) is 2. The first-order valence-corrected chi connectivity index (χ1v) is 11.2. The molecule has 0 unspecified atom stereocenters. The van der Waals surface area contributed by atoms with E-state index in [1.165, 1.54) is 0 Å². The number of benzene rings is 1. The van der Waals surface area contributed by atoms with Crippen molar-refractivity contribution < 1.29 is 14.6 Å². The van der Waals surface area contributed by atoms with E-state index in [4.69, 9.17) is 9.72 Å². The largest absolute Gasteiger partial charge is 0.496 e. The third kappa shape index (κ3) is 3.86. The highest BCUT2D eigenvalue weighted by Crippen LogP contribution is 2.30. The van der Waals surface area contributed by atoms with Crippen LogP contribution >= 0.6 is 0 Å². The van der Waals surface area contributed by atoms with E-state index >= 15 is 0 Å². The molecule has 1 fully saturated rings. The first-order chi connectivity index (χ1) is 16.5. The lowest BCUT2D eigenvalue weighted by molar-refractivity contribution is 0.101. The van der Waals surface area contributed by atoms with Crippen LogP contribution in [0.2, 0.25) is 0 Å². The number of methoxy groups -OCH3 is 1. The molecule has 0 spiro atoms. The molecule has 4 aromatic rings. The lowest BCUT2D eigenvalue weighted by Gasteiger charge is -2.25. The second-order valence-corrected chi connectivity index (χ2v) is 8.44. The van der Waals surface area contributed by atoms with Crippen LogP contribution in [0, 0.1) is 6.92 Å². The number of aliphatic hydroxyl groups is 1. The number of ketones is 1. The highest BCUT2D eigenvalue weighted by atomic mass is 16.5. The van der Waals surface area contributed by atoms with Gasteiger partial charge in [-0.15, -0.1) is 5.10 Å². The number of aliphatic hydroxyl groups excluding tert-OH is 1. The summed E-state index contributed by atoms with van der Waals surface area (Å²) >= 11 is 0. The van der Waals surface area contributed by atoms with Gasteiger partial charge in [0.05, 0.1) is 31.6 Å². The Balaban J connectivity index is 1.47. The minimum absolute atomic E-state index is 0.0276. The van der Waals surface area contributed by atoms with Crippen LogP contribution in [0.3, 0.4) is 0 Å². The fourth-order valence-corrected chi connectivity index (χ4v) is 4.53. The zero-order valence-corrected chi connectivity index (χ0v) is 19.4. The monoisotopic (exact) mass is 461 g/mol. The maximum Gasteiger partial charge on any atom is 0.248 e. The zero-order chi connectivity index (χ0) is 23.8. The van der Waals surface area contributed by atoms with Crippen LogP contribution in [0.25, 0.3) is 11.2 Å². The Kier molecular flexibility index (Phi) is 5.66. The van der Waals surface area contributed by atoms with Crippen molar-refractivity contribution in [1.82, 2.24) is 24.1 Å². The Hall–Kier alpha value is -3.92. The van der Waals surface area contributed by atoms with Crippen molar-refractivity contribution in [3.63, 3.8) is 0 Å². The third-order valence-corrected chi connectivity index (χ3v) is 6.30. The minimum Gasteiger partial charge on any atom is -0.496 e. The summed E-state index contributed by atoms with van der Waals surface area (Å²) < 4.78 is 9.06. The van der Waals surface area contributed by atoms with Crippen LogP contribution in [-0.4, -0.2) is 61.3 Å². The molecule has 2 N–H and O–H groups in total. The van der Waals surface area contributed by atoms with E-state index in [1.54, 1.807) is 24.9 Å². The summed E-state index contributed by atoms with van der Waals surface area (Å²) in [6.45, 7) is 4.34. The third-order valence-electron chi connectivity index (χ3n) is 6.30. The topological polar surface area (TPSA) is 110 Å². The smallest absolute Gasteiger partial charge is 0.248 e. The van der Waals surface area contributed by atoms with Crippen molar-refractivity contribution in [2.24, 2.45) is 0 Å². The fourth-order valence-electron chi connectivity index (χ4n) is 4.53. The second-order valence-electron chi connectivity index (χ2n) is 8.44. The molecular formula is C24H27N7O3. The quantitative estimate of drug-likeness (QED) is 0.404. The molecule has 3 aromatic heterocycles. The summed E-state index contributed by atoms with van der Waals surface area (Å²) in [5, 5.41) is 17.5. The van der Waals surface area contributed by atoms with Crippen molar-refractivity contribution in [1.29, 1.82) is 0 Å². The number of carbonyl (C=O) groups excluding carboxylic acids is 1. The van der Waals surface area contributed by atoms with E-state index < -0.39 is 0 Å². The highest BCUT2D eigenvalue weighted by Gasteiger charge is 2.27. The molecule has 34 heavy (non-hydrogen) atoms. The standard InChI is InChI=1S/C24H27N7O3/c1-15-19(16(2)33)10-18(11-21(15)34-3)29-12-22(25-14-29)26-24-27-23(20-7-5-9-31(20)28-24)30-8-4-6-17(30)13-32/h5,7,9-12,14,17,32H,4,6,8,13H2,1-3H3,(H,26,28)/t17-/m0/s1. The van der Waals surface area contributed by atoms with E-state index in [-0.39, 0.29) is 18.4 Å². The summed E-state index contributed by atoms with van der Waals surface area (Å²) in [6.07, 6.45) is 7.29. The Labute approximate surface area is 196 Å². The number of aromatic nitrogens is 5. The molecule has 5 rings (SSSR count). The maximum atomic E-state index is 12.1. The van der Waals surface area contributed by atoms with Gasteiger partial charge in [-0.3, -0.25) is 4.79 Å². The van der Waals surface area contributed by atoms with Gasteiger partial charge in [-0.05, 0) is 44.9 Å². The highest BCUT2D eigenvalue weighted by molar-refractivity contribution is 5.96. The van der Waals surface area contributed by atoms with Gasteiger partial charge >= 0.3 is 0 Å². The van der Waals surface area contributed by atoms with Crippen LogP contribution in [0.5, 0.6) is 5.75 Å². The molecule has 10 nitrogen and oxygen atoms in total. The van der Waals surface area contributed by atoms with Gasteiger partial charge in [0.25, 0.3) is 0 Å². The molecule has 10 heteroatoms. The summed E-state index contributed by atoms with van der Waals surface area (Å²) in [6, 6.07) is 7.64. The van der Waals surface area contributed by atoms with Gasteiger partial charge in [-0.2, -0.15) is 4.98 Å². The molecular weight excluding hydrogens is 434 g/mol. The molecule has 0 aliphatic carbocycles. The number of Topliss-reactive ketones (excluding diaryl/α,β-unsaturated/α-hetero) is 1. The van der Waals surface area contributed by atoms with E-state index in [0.29, 0.717) is 23.1 Å². The second kappa shape index (κ2) is 8.79. The van der Waals surface area contributed by atoms with Gasteiger partial charge in [0.15, 0.2) is 17.4 Å². The average molecular weight is 462 g/mol. The molecule has 1 aliphatic rings. The molecule has 0 amide bonds. The molecule has 1 atom stereocenters. The van der Waals surface area contributed by atoms with Crippen LogP contribution in [0.1, 0.15) is 35.7 Å². The number of rotatable bonds is 7. The van der Waals surface area contributed by atoms with Crippen LogP contribution < -0.4 is 15.0 Å². The SMILES string of the molecule is COc1cc(-n2cnc(Nc3nc(N4CCC[C@H]4CO)c4cccn4n3)c2)cc(C(C)=O)c1C. The number of fused-ring (bicyclic) bond motifs is 1. The molecule has 4 heterocycles. The number of carbonyl (C=O) groups is 1. The molecule has 0 saturated carbocycles. The Morgan fingerprint density at radius 2 is 2.21 bits per heavy atom. The van der Waals surface area contributed by atoms with E-state index in [9.17, 15) is 9.90 Å². The maximum absolute atomic E-state index is 12.1. The van der Waals surface area contributed by atoms with E-state index in [1.807, 2.05) is 48.1 Å². The van der Waals surface area contributed by atoms with Crippen molar-refractivity contribution in [2.75, 3.05) is 30.5 Å². The van der Waals surface area contributed by atoms with Gasteiger partial charge in [0, 0.05) is 29.9 Å².